The fraction of sp³-hybridized carbons (Fsp3) is 0.375. The Labute approximate surface area is 181 Å². The SMILES string of the molecule is CCOc1cccnc1C(=O)CCc1coc(-c2ccc(OC)c(OCC3CC3)c2)n1. The second-order valence-corrected chi connectivity index (χ2v) is 7.47. The highest BCUT2D eigenvalue weighted by atomic mass is 16.5. The molecule has 1 aliphatic rings. The van der Waals surface area contributed by atoms with Crippen molar-refractivity contribution in [2.75, 3.05) is 20.3 Å². The molecule has 0 N–H and O–H groups in total. The van der Waals surface area contributed by atoms with E-state index in [1.54, 1.807) is 31.7 Å². The van der Waals surface area contributed by atoms with Crippen molar-refractivity contribution in [1.29, 1.82) is 0 Å². The number of methoxy groups -OCH3 is 1. The van der Waals surface area contributed by atoms with Gasteiger partial charge < -0.3 is 18.6 Å². The quantitative estimate of drug-likeness (QED) is 0.412. The summed E-state index contributed by atoms with van der Waals surface area (Å²) >= 11 is 0. The minimum atomic E-state index is -0.0891. The Morgan fingerprint density at radius 1 is 1.16 bits per heavy atom. The molecule has 2 aromatic heterocycles. The summed E-state index contributed by atoms with van der Waals surface area (Å²) in [5, 5.41) is 0. The molecule has 0 bridgehead atoms. The van der Waals surface area contributed by atoms with Crippen molar-refractivity contribution in [2.24, 2.45) is 5.92 Å². The lowest BCUT2D eigenvalue weighted by Crippen LogP contribution is -2.07. The van der Waals surface area contributed by atoms with Crippen molar-refractivity contribution in [2.45, 2.75) is 32.6 Å². The van der Waals surface area contributed by atoms with E-state index in [-0.39, 0.29) is 12.2 Å². The average molecular weight is 422 g/mol. The average Bonchev–Trinajstić information content (AvgIpc) is 3.51. The number of carbonyl (C=O) groups is 1. The maximum atomic E-state index is 12.6. The Balaban J connectivity index is 1.42. The lowest BCUT2D eigenvalue weighted by molar-refractivity contribution is 0.0973. The monoisotopic (exact) mass is 422 g/mol. The number of rotatable bonds is 11. The maximum absolute atomic E-state index is 12.6. The van der Waals surface area contributed by atoms with Gasteiger partial charge in [-0.1, -0.05) is 0 Å². The molecule has 1 aromatic carbocycles. The molecular weight excluding hydrogens is 396 g/mol. The van der Waals surface area contributed by atoms with E-state index in [0.29, 0.717) is 60.1 Å². The third kappa shape index (κ3) is 5.23. The maximum Gasteiger partial charge on any atom is 0.226 e. The molecule has 162 valence electrons. The van der Waals surface area contributed by atoms with Crippen molar-refractivity contribution < 1.29 is 23.4 Å². The molecule has 2 heterocycles. The van der Waals surface area contributed by atoms with Crippen LogP contribution >= 0.6 is 0 Å². The number of ketones is 1. The van der Waals surface area contributed by atoms with Crippen LogP contribution in [0.25, 0.3) is 11.5 Å². The standard InChI is InChI=1S/C24H26N2O5/c1-3-29-21-5-4-12-25-23(21)19(27)10-9-18-15-31-24(26-18)17-8-11-20(28-2)22(13-17)30-14-16-6-7-16/h4-5,8,11-13,15-16H,3,6-7,9-10,14H2,1-2H3. The molecule has 4 rings (SSSR count). The minimum Gasteiger partial charge on any atom is -0.493 e. The number of ether oxygens (including phenoxy) is 3. The molecule has 3 aromatic rings. The zero-order valence-corrected chi connectivity index (χ0v) is 17.8. The van der Waals surface area contributed by atoms with Crippen LogP contribution in [0, 0.1) is 5.92 Å². The molecule has 7 nitrogen and oxygen atoms in total. The molecule has 0 amide bonds. The fourth-order valence-corrected chi connectivity index (χ4v) is 3.20. The Morgan fingerprint density at radius 3 is 2.81 bits per heavy atom. The number of oxazole rings is 1. The summed E-state index contributed by atoms with van der Waals surface area (Å²) in [7, 11) is 1.62. The summed E-state index contributed by atoms with van der Waals surface area (Å²) in [6.45, 7) is 3.04. The van der Waals surface area contributed by atoms with Crippen LogP contribution in [-0.2, 0) is 6.42 Å². The van der Waals surface area contributed by atoms with E-state index in [1.807, 2.05) is 25.1 Å². The topological polar surface area (TPSA) is 83.7 Å². The summed E-state index contributed by atoms with van der Waals surface area (Å²) in [4.78, 5) is 21.3. The molecule has 1 aliphatic carbocycles. The van der Waals surface area contributed by atoms with Gasteiger partial charge in [-0.15, -0.1) is 0 Å². The van der Waals surface area contributed by atoms with Gasteiger partial charge in [0.25, 0.3) is 0 Å². The van der Waals surface area contributed by atoms with Crippen molar-refractivity contribution in [3.8, 4) is 28.7 Å². The highest BCUT2D eigenvalue weighted by molar-refractivity contribution is 5.96. The van der Waals surface area contributed by atoms with E-state index < -0.39 is 0 Å². The second kappa shape index (κ2) is 9.64. The summed E-state index contributed by atoms with van der Waals surface area (Å²) in [5.74, 6) is 2.90. The van der Waals surface area contributed by atoms with Crippen LogP contribution in [0.2, 0.25) is 0 Å². The van der Waals surface area contributed by atoms with Gasteiger partial charge >= 0.3 is 0 Å². The van der Waals surface area contributed by atoms with Crippen molar-refractivity contribution in [3.05, 3.63) is 54.2 Å². The molecule has 7 heteroatoms. The van der Waals surface area contributed by atoms with Gasteiger partial charge in [-0.2, -0.15) is 0 Å². The normalized spacial score (nSPS) is 13.1. The Morgan fingerprint density at radius 2 is 2.03 bits per heavy atom. The number of carbonyl (C=O) groups excluding carboxylic acids is 1. The fourth-order valence-electron chi connectivity index (χ4n) is 3.20. The highest BCUT2D eigenvalue weighted by Gasteiger charge is 2.23. The number of hydrogen-bond donors (Lipinski definition) is 0. The Kier molecular flexibility index (Phi) is 6.50. The van der Waals surface area contributed by atoms with Gasteiger partial charge in [-0.3, -0.25) is 4.79 Å². The van der Waals surface area contributed by atoms with Crippen LogP contribution < -0.4 is 14.2 Å². The number of nitrogens with zero attached hydrogens (tertiary/aromatic N) is 2. The van der Waals surface area contributed by atoms with Crippen LogP contribution in [0.4, 0.5) is 0 Å². The van der Waals surface area contributed by atoms with Crippen LogP contribution in [0.1, 0.15) is 42.4 Å². The Bertz CT molecular complexity index is 1040. The summed E-state index contributed by atoms with van der Waals surface area (Å²) in [5.41, 5.74) is 1.85. The Hall–Kier alpha value is -3.35. The number of aromatic nitrogens is 2. The summed E-state index contributed by atoms with van der Waals surface area (Å²) in [6.07, 6.45) is 6.33. The first-order chi connectivity index (χ1) is 15.2. The number of benzene rings is 1. The number of aryl methyl sites for hydroxylation is 1. The van der Waals surface area contributed by atoms with Crippen LogP contribution in [0.5, 0.6) is 17.2 Å². The van der Waals surface area contributed by atoms with Gasteiger partial charge in [-0.25, -0.2) is 9.97 Å². The highest BCUT2D eigenvalue weighted by Crippen LogP contribution is 2.35. The van der Waals surface area contributed by atoms with Gasteiger partial charge in [0.1, 0.15) is 17.7 Å². The van der Waals surface area contributed by atoms with E-state index in [0.717, 1.165) is 5.56 Å². The second-order valence-electron chi connectivity index (χ2n) is 7.47. The molecule has 0 saturated heterocycles. The first-order valence-corrected chi connectivity index (χ1v) is 10.5. The van der Waals surface area contributed by atoms with Gasteiger partial charge in [0.05, 0.1) is 26.0 Å². The first kappa shape index (κ1) is 20.9. The third-order valence-corrected chi connectivity index (χ3v) is 5.08. The molecule has 1 saturated carbocycles. The smallest absolute Gasteiger partial charge is 0.226 e. The van der Waals surface area contributed by atoms with Crippen molar-refractivity contribution in [1.82, 2.24) is 9.97 Å². The molecule has 0 radical (unpaired) electrons. The van der Waals surface area contributed by atoms with E-state index in [2.05, 4.69) is 9.97 Å². The molecule has 0 atom stereocenters. The predicted molar refractivity (Wildman–Crippen MR) is 115 cm³/mol. The van der Waals surface area contributed by atoms with Crippen molar-refractivity contribution in [3.63, 3.8) is 0 Å². The van der Waals surface area contributed by atoms with E-state index in [4.69, 9.17) is 18.6 Å². The van der Waals surface area contributed by atoms with Crippen LogP contribution in [0.3, 0.4) is 0 Å². The lowest BCUT2D eigenvalue weighted by Gasteiger charge is -2.11. The van der Waals surface area contributed by atoms with Gasteiger partial charge in [-0.05, 0) is 56.0 Å². The lowest BCUT2D eigenvalue weighted by atomic mass is 10.1. The number of Topliss-reactive ketones (excluding diaryl/α,β-unsaturated/α-hetero) is 1. The molecule has 0 aliphatic heterocycles. The number of hydrogen-bond acceptors (Lipinski definition) is 7. The molecular formula is C24H26N2O5. The van der Waals surface area contributed by atoms with Gasteiger partial charge in [0.15, 0.2) is 17.3 Å². The first-order valence-electron chi connectivity index (χ1n) is 10.5. The predicted octanol–water partition coefficient (Wildman–Crippen LogP) is 4.75. The van der Waals surface area contributed by atoms with E-state index in [9.17, 15) is 4.79 Å². The zero-order chi connectivity index (χ0) is 21.6. The number of pyridine rings is 1. The minimum absolute atomic E-state index is 0.0891. The van der Waals surface area contributed by atoms with E-state index >= 15 is 0 Å². The third-order valence-electron chi connectivity index (χ3n) is 5.08. The molecule has 1 fully saturated rings. The van der Waals surface area contributed by atoms with Gasteiger partial charge in [0.2, 0.25) is 5.89 Å². The molecule has 31 heavy (non-hydrogen) atoms. The van der Waals surface area contributed by atoms with Crippen LogP contribution in [0.15, 0.2) is 47.2 Å². The van der Waals surface area contributed by atoms with Crippen molar-refractivity contribution >= 4 is 5.78 Å². The van der Waals surface area contributed by atoms with E-state index in [1.165, 1.54) is 12.8 Å². The zero-order valence-electron chi connectivity index (χ0n) is 17.8. The van der Waals surface area contributed by atoms with Crippen LogP contribution in [-0.4, -0.2) is 36.1 Å². The summed E-state index contributed by atoms with van der Waals surface area (Å²) in [6, 6.07) is 9.12. The van der Waals surface area contributed by atoms with Gasteiger partial charge in [0, 0.05) is 24.6 Å². The molecule has 0 spiro atoms. The summed E-state index contributed by atoms with van der Waals surface area (Å²) < 4.78 is 22.5. The molecule has 0 unspecified atom stereocenters. The largest absolute Gasteiger partial charge is 0.493 e.